The molecule has 1 aromatic heterocycles. The molecule has 1 fully saturated rings. The first-order valence-corrected chi connectivity index (χ1v) is 12.7. The number of benzene rings is 2. The van der Waals surface area contributed by atoms with Crippen LogP contribution in [0.3, 0.4) is 0 Å². The third-order valence-corrected chi connectivity index (χ3v) is 7.04. The van der Waals surface area contributed by atoms with Gasteiger partial charge >= 0.3 is 0 Å². The van der Waals surface area contributed by atoms with Gasteiger partial charge in [0.25, 0.3) is 11.7 Å². The molecular formula is C28H27N3O9. The number of methoxy groups -OCH3 is 2. The molecule has 12 nitrogen and oxygen atoms in total. The van der Waals surface area contributed by atoms with E-state index in [9.17, 15) is 14.7 Å². The van der Waals surface area contributed by atoms with Gasteiger partial charge in [-0.25, -0.2) is 4.98 Å². The van der Waals surface area contributed by atoms with Crippen LogP contribution < -0.4 is 28.4 Å². The lowest BCUT2D eigenvalue weighted by atomic mass is 9.93. The lowest BCUT2D eigenvalue weighted by Gasteiger charge is -2.27. The summed E-state index contributed by atoms with van der Waals surface area (Å²) in [7, 11) is 2.91. The van der Waals surface area contributed by atoms with Crippen LogP contribution in [0.4, 0.5) is 0 Å². The zero-order valence-corrected chi connectivity index (χ0v) is 21.9. The monoisotopic (exact) mass is 549 g/mol. The molecule has 3 aliphatic rings. The van der Waals surface area contributed by atoms with E-state index in [1.54, 1.807) is 36.8 Å². The van der Waals surface area contributed by atoms with E-state index in [4.69, 9.17) is 28.4 Å². The summed E-state index contributed by atoms with van der Waals surface area (Å²) < 4.78 is 35.7. The maximum absolute atomic E-state index is 13.6. The molecule has 2 aromatic carbocycles. The second kappa shape index (κ2) is 10.4. The molecule has 0 radical (unpaired) electrons. The molecule has 1 saturated heterocycles. The van der Waals surface area contributed by atoms with Gasteiger partial charge in [0.2, 0.25) is 18.3 Å². The molecule has 0 bridgehead atoms. The Bertz CT molecular complexity index is 1500. The number of carbonyl (C=O) groups excluding carboxylic acids is 2. The molecule has 40 heavy (non-hydrogen) atoms. The summed E-state index contributed by atoms with van der Waals surface area (Å²) in [6, 6.07) is 5.51. The van der Waals surface area contributed by atoms with Crippen molar-refractivity contribution in [2.75, 3.05) is 40.8 Å². The highest BCUT2D eigenvalue weighted by atomic mass is 16.7. The Balaban J connectivity index is 1.48. The Morgan fingerprint density at radius 3 is 2.55 bits per heavy atom. The van der Waals surface area contributed by atoms with Crippen LogP contribution in [0, 0.1) is 0 Å². The number of imidazole rings is 1. The molecule has 0 saturated carbocycles. The van der Waals surface area contributed by atoms with Crippen LogP contribution in [0.5, 0.6) is 34.5 Å². The third kappa shape index (κ3) is 4.21. The molecule has 0 spiro atoms. The average molecular weight is 550 g/mol. The van der Waals surface area contributed by atoms with E-state index in [-0.39, 0.29) is 36.2 Å². The number of ether oxygens (including phenoxy) is 6. The van der Waals surface area contributed by atoms with E-state index in [0.29, 0.717) is 60.3 Å². The Hall–Kier alpha value is -4.87. The van der Waals surface area contributed by atoms with Crippen molar-refractivity contribution in [3.05, 3.63) is 59.7 Å². The number of carbonyl (C=O) groups is 2. The minimum atomic E-state index is -1.01. The van der Waals surface area contributed by atoms with Crippen molar-refractivity contribution in [3.8, 4) is 34.5 Å². The number of nitrogens with zero attached hydrogens (tertiary/aromatic N) is 3. The van der Waals surface area contributed by atoms with Crippen LogP contribution in [0.2, 0.25) is 0 Å². The van der Waals surface area contributed by atoms with Gasteiger partial charge in [0, 0.05) is 36.6 Å². The van der Waals surface area contributed by atoms with Crippen LogP contribution in [0.25, 0.3) is 5.76 Å². The van der Waals surface area contributed by atoms with Gasteiger partial charge in [0.05, 0.1) is 32.2 Å². The van der Waals surface area contributed by atoms with Crippen LogP contribution in [0.15, 0.2) is 48.6 Å². The molecule has 1 unspecified atom stereocenters. The number of hydrogen-bond donors (Lipinski definition) is 1. The van der Waals surface area contributed by atoms with Crippen LogP contribution in [-0.2, 0) is 16.1 Å². The predicted octanol–water partition coefficient (Wildman–Crippen LogP) is 2.91. The Morgan fingerprint density at radius 1 is 1.00 bits per heavy atom. The number of aliphatic hydroxyl groups excluding tert-OH is 1. The maximum atomic E-state index is 13.6. The van der Waals surface area contributed by atoms with Gasteiger partial charge in [0.1, 0.15) is 19.0 Å². The first-order chi connectivity index (χ1) is 19.5. The second-order valence-corrected chi connectivity index (χ2v) is 9.27. The van der Waals surface area contributed by atoms with Gasteiger partial charge in [-0.3, -0.25) is 9.59 Å². The topological polar surface area (TPSA) is 131 Å². The number of amides is 1. The molecule has 12 heteroatoms. The predicted molar refractivity (Wildman–Crippen MR) is 139 cm³/mol. The van der Waals surface area contributed by atoms with Crippen molar-refractivity contribution < 1.29 is 43.1 Å². The lowest BCUT2D eigenvalue weighted by Crippen LogP contribution is -2.31. The zero-order chi connectivity index (χ0) is 27.8. The van der Waals surface area contributed by atoms with E-state index in [2.05, 4.69) is 4.98 Å². The third-order valence-electron chi connectivity index (χ3n) is 7.04. The number of aryl methyl sites for hydroxylation is 1. The van der Waals surface area contributed by atoms with Crippen LogP contribution in [0.1, 0.15) is 23.6 Å². The number of likely N-dealkylation sites (tertiary alicyclic amines) is 1. The largest absolute Gasteiger partial charge is 0.507 e. The molecule has 3 aromatic rings. The van der Waals surface area contributed by atoms with Crippen molar-refractivity contribution in [3.63, 3.8) is 0 Å². The Kier molecular flexibility index (Phi) is 6.58. The summed E-state index contributed by atoms with van der Waals surface area (Å²) in [5.74, 6) is 0.290. The van der Waals surface area contributed by atoms with Crippen molar-refractivity contribution in [2.45, 2.75) is 19.0 Å². The summed E-state index contributed by atoms with van der Waals surface area (Å²) in [4.78, 5) is 32.5. The van der Waals surface area contributed by atoms with E-state index in [1.807, 2.05) is 10.8 Å². The number of ketones is 1. The zero-order valence-electron chi connectivity index (χ0n) is 21.9. The number of rotatable bonds is 8. The average Bonchev–Trinajstić information content (AvgIpc) is 3.73. The summed E-state index contributed by atoms with van der Waals surface area (Å²) >= 11 is 0. The van der Waals surface area contributed by atoms with Gasteiger partial charge in [-0.05, 0) is 30.7 Å². The lowest BCUT2D eigenvalue weighted by molar-refractivity contribution is -0.140. The molecular weight excluding hydrogens is 522 g/mol. The van der Waals surface area contributed by atoms with Crippen LogP contribution >= 0.6 is 0 Å². The maximum Gasteiger partial charge on any atom is 0.295 e. The fourth-order valence-corrected chi connectivity index (χ4v) is 5.24. The van der Waals surface area contributed by atoms with Gasteiger partial charge < -0.3 is 43.0 Å². The molecule has 4 heterocycles. The van der Waals surface area contributed by atoms with Gasteiger partial charge in [-0.2, -0.15) is 0 Å². The Morgan fingerprint density at radius 2 is 1.80 bits per heavy atom. The summed E-state index contributed by atoms with van der Waals surface area (Å²) in [6.07, 6.45) is 5.69. The van der Waals surface area contributed by atoms with E-state index >= 15 is 0 Å². The highest BCUT2D eigenvalue weighted by Crippen LogP contribution is 2.54. The van der Waals surface area contributed by atoms with E-state index in [1.165, 1.54) is 19.1 Å². The molecule has 1 amide bonds. The van der Waals surface area contributed by atoms with Crippen molar-refractivity contribution >= 4 is 17.4 Å². The normalized spacial score (nSPS) is 18.8. The summed E-state index contributed by atoms with van der Waals surface area (Å²) in [5.41, 5.74) is 0.616. The first kappa shape index (κ1) is 25.4. The van der Waals surface area contributed by atoms with Crippen molar-refractivity contribution in [2.24, 2.45) is 0 Å². The minimum Gasteiger partial charge on any atom is -0.507 e. The highest BCUT2D eigenvalue weighted by Gasteiger charge is 2.48. The highest BCUT2D eigenvalue weighted by molar-refractivity contribution is 6.46. The summed E-state index contributed by atoms with van der Waals surface area (Å²) in [5, 5.41) is 11.6. The first-order valence-electron chi connectivity index (χ1n) is 12.7. The van der Waals surface area contributed by atoms with E-state index < -0.39 is 17.7 Å². The minimum absolute atomic E-state index is 0.0272. The summed E-state index contributed by atoms with van der Waals surface area (Å²) in [6.45, 7) is 1.52. The Labute approximate surface area is 229 Å². The molecule has 1 atom stereocenters. The fourth-order valence-electron chi connectivity index (χ4n) is 5.24. The molecule has 208 valence electrons. The smallest absolute Gasteiger partial charge is 0.295 e. The molecule has 3 aliphatic heterocycles. The number of fused-ring (bicyclic) bond motifs is 2. The molecule has 1 N–H and O–H groups in total. The number of Topliss-reactive ketones (excluding diaryl/α,β-unsaturated/α-hetero) is 1. The number of aliphatic hydroxyl groups is 1. The van der Waals surface area contributed by atoms with Gasteiger partial charge in [-0.1, -0.05) is 0 Å². The number of hydrogen-bond acceptors (Lipinski definition) is 10. The fraction of sp³-hybridized carbons (Fsp3) is 0.321. The SMILES string of the molecule is COc1c(C2C(=C(O)c3ccc4c(c3)OCCO4)C(=O)C(=O)N2CCCn2ccnc2)cc2c(c1OC)OCO2. The second-order valence-electron chi connectivity index (χ2n) is 9.27. The van der Waals surface area contributed by atoms with Gasteiger partial charge in [-0.15, -0.1) is 0 Å². The molecule has 6 rings (SSSR count). The molecule has 0 aliphatic carbocycles. The van der Waals surface area contributed by atoms with Crippen LogP contribution in [-0.4, -0.2) is 72.0 Å². The number of aromatic nitrogens is 2. The van der Waals surface area contributed by atoms with Crippen molar-refractivity contribution in [1.29, 1.82) is 0 Å². The van der Waals surface area contributed by atoms with Gasteiger partial charge in [0.15, 0.2) is 23.0 Å². The van der Waals surface area contributed by atoms with Crippen molar-refractivity contribution in [1.82, 2.24) is 14.5 Å². The quantitative estimate of drug-likeness (QED) is 0.254. The standard InChI is InChI=1S/C28H27N3O9/c1-35-25-17(13-20-26(27(25)36-2)40-15-39-20)22-21(23(32)16-4-5-18-19(12-16)38-11-10-37-18)24(33)28(34)31(22)8-3-7-30-9-6-29-14-30/h4-6,9,12-14,22,32H,3,7-8,10-11,15H2,1-2H3. The van der Waals surface area contributed by atoms with E-state index in [0.717, 1.165) is 0 Å².